The quantitative estimate of drug-likeness (QED) is 0.730. The number of aryl methyl sites for hydroxylation is 1. The SMILES string of the molecule is CN1/C(=C/c2ccc3ccccc3[n+]2C)C=C[C@@H]2C=CC=C[C@@H]21. The summed E-state index contributed by atoms with van der Waals surface area (Å²) in [6.45, 7) is 0. The Kier molecular flexibility index (Phi) is 3.38. The van der Waals surface area contributed by atoms with Gasteiger partial charge in [0.2, 0.25) is 11.2 Å². The molecule has 0 spiro atoms. The van der Waals surface area contributed by atoms with Gasteiger partial charge in [0.05, 0.1) is 6.04 Å². The number of allylic oxidation sites excluding steroid dienone is 3. The van der Waals surface area contributed by atoms with E-state index >= 15 is 0 Å². The van der Waals surface area contributed by atoms with E-state index in [1.807, 2.05) is 0 Å². The molecule has 0 bridgehead atoms. The predicted octanol–water partition coefficient (Wildman–Crippen LogP) is 3.62. The fourth-order valence-corrected chi connectivity index (χ4v) is 3.48. The lowest BCUT2D eigenvalue weighted by atomic mass is 9.90. The number of benzene rings is 1. The van der Waals surface area contributed by atoms with Gasteiger partial charge in [0.25, 0.3) is 0 Å². The topological polar surface area (TPSA) is 7.12 Å². The van der Waals surface area contributed by atoms with Crippen molar-refractivity contribution in [1.82, 2.24) is 4.90 Å². The first-order valence-corrected chi connectivity index (χ1v) is 8.09. The lowest BCUT2D eigenvalue weighted by Crippen LogP contribution is -2.38. The molecular weight excluding hydrogens is 280 g/mol. The predicted molar refractivity (Wildman–Crippen MR) is 95.6 cm³/mol. The average Bonchev–Trinajstić information content (AvgIpc) is 2.60. The van der Waals surface area contributed by atoms with Crippen molar-refractivity contribution in [2.24, 2.45) is 13.0 Å². The van der Waals surface area contributed by atoms with Crippen molar-refractivity contribution in [3.05, 3.63) is 84.2 Å². The second kappa shape index (κ2) is 5.54. The highest BCUT2D eigenvalue weighted by Gasteiger charge is 2.25. The molecule has 0 saturated heterocycles. The highest BCUT2D eigenvalue weighted by Crippen LogP contribution is 2.28. The number of pyridine rings is 1. The molecule has 0 N–H and O–H groups in total. The summed E-state index contributed by atoms with van der Waals surface area (Å²) in [5, 5.41) is 1.27. The molecule has 1 aromatic carbocycles. The standard InChI is InChI=1S/C21H21N2/c1-22-18(13-11-16-7-3-5-9-20(16)22)15-19-14-12-17-8-4-6-10-21(17)23(19)2/h3-16,20H,1-2H3/q+1/t16-,20-/m0/s1. The minimum atomic E-state index is 0.419. The summed E-state index contributed by atoms with van der Waals surface area (Å²) in [6.07, 6.45) is 15.6. The molecule has 0 fully saturated rings. The van der Waals surface area contributed by atoms with Crippen LogP contribution in [0.15, 0.2) is 78.6 Å². The molecule has 23 heavy (non-hydrogen) atoms. The van der Waals surface area contributed by atoms with Crippen LogP contribution in [0.1, 0.15) is 5.69 Å². The van der Waals surface area contributed by atoms with E-state index in [1.165, 1.54) is 22.3 Å². The molecule has 4 rings (SSSR count). The third-order valence-corrected chi connectivity index (χ3v) is 4.91. The zero-order chi connectivity index (χ0) is 15.8. The molecule has 2 atom stereocenters. The van der Waals surface area contributed by atoms with Crippen LogP contribution in [0.3, 0.4) is 0 Å². The van der Waals surface area contributed by atoms with Crippen LogP contribution in [0.25, 0.3) is 17.0 Å². The third kappa shape index (κ3) is 2.40. The minimum Gasteiger partial charge on any atom is -0.367 e. The molecule has 1 aromatic heterocycles. The number of likely N-dealkylation sites (N-methyl/N-ethyl adjacent to an activating group) is 1. The summed E-state index contributed by atoms with van der Waals surface area (Å²) in [7, 11) is 4.31. The van der Waals surface area contributed by atoms with E-state index in [-0.39, 0.29) is 0 Å². The maximum Gasteiger partial charge on any atom is 0.212 e. The molecule has 0 saturated carbocycles. The van der Waals surface area contributed by atoms with E-state index in [9.17, 15) is 0 Å². The molecule has 2 nitrogen and oxygen atoms in total. The van der Waals surface area contributed by atoms with Gasteiger partial charge in [0.15, 0.2) is 0 Å². The maximum absolute atomic E-state index is 2.36. The van der Waals surface area contributed by atoms with E-state index in [4.69, 9.17) is 0 Å². The van der Waals surface area contributed by atoms with E-state index in [0.717, 1.165) is 0 Å². The molecule has 2 heteroatoms. The molecule has 2 aromatic rings. The van der Waals surface area contributed by atoms with Gasteiger partial charge in [-0.25, -0.2) is 0 Å². The van der Waals surface area contributed by atoms with Crippen LogP contribution in [0.5, 0.6) is 0 Å². The minimum absolute atomic E-state index is 0.419. The van der Waals surface area contributed by atoms with E-state index in [1.54, 1.807) is 0 Å². The lowest BCUT2D eigenvalue weighted by molar-refractivity contribution is -0.646. The molecule has 0 unspecified atom stereocenters. The highest BCUT2D eigenvalue weighted by atomic mass is 15.1. The van der Waals surface area contributed by atoms with Gasteiger partial charge < -0.3 is 4.90 Å². The Morgan fingerprint density at radius 1 is 1.00 bits per heavy atom. The Morgan fingerprint density at radius 3 is 2.74 bits per heavy atom. The molecule has 1 aliphatic carbocycles. The molecule has 2 heterocycles. The summed E-state index contributed by atoms with van der Waals surface area (Å²) in [5.74, 6) is 0.479. The average molecular weight is 301 g/mol. The molecule has 114 valence electrons. The second-order valence-corrected chi connectivity index (χ2v) is 6.25. The number of nitrogens with zero attached hydrogens (tertiary/aromatic N) is 2. The van der Waals surface area contributed by atoms with Crippen molar-refractivity contribution in [2.75, 3.05) is 7.05 Å². The number of aromatic nitrogens is 1. The fraction of sp³-hybridized carbons (Fsp3) is 0.190. The van der Waals surface area contributed by atoms with Crippen LogP contribution in [-0.4, -0.2) is 18.0 Å². The molecule has 2 aliphatic rings. The van der Waals surface area contributed by atoms with Gasteiger partial charge in [-0.05, 0) is 18.2 Å². The maximum atomic E-state index is 2.36. The number of hydrogen-bond donors (Lipinski definition) is 0. The number of fused-ring (bicyclic) bond motifs is 2. The van der Waals surface area contributed by atoms with Gasteiger partial charge in [-0.1, -0.05) is 42.5 Å². The Labute approximate surface area is 137 Å². The van der Waals surface area contributed by atoms with Crippen molar-refractivity contribution in [3.63, 3.8) is 0 Å². The smallest absolute Gasteiger partial charge is 0.212 e. The molecule has 0 radical (unpaired) electrons. The number of rotatable bonds is 1. The summed E-state index contributed by atoms with van der Waals surface area (Å²) in [4.78, 5) is 2.36. The Balaban J connectivity index is 1.77. The van der Waals surface area contributed by atoms with Crippen LogP contribution in [0.4, 0.5) is 0 Å². The van der Waals surface area contributed by atoms with Crippen molar-refractivity contribution in [2.45, 2.75) is 6.04 Å². The Bertz CT molecular complexity index is 871. The zero-order valence-corrected chi connectivity index (χ0v) is 13.6. The van der Waals surface area contributed by atoms with Gasteiger partial charge in [-0.3, -0.25) is 0 Å². The first kappa shape index (κ1) is 14.0. The van der Waals surface area contributed by atoms with Crippen molar-refractivity contribution < 1.29 is 4.57 Å². The van der Waals surface area contributed by atoms with Crippen LogP contribution in [-0.2, 0) is 7.05 Å². The summed E-state index contributed by atoms with van der Waals surface area (Å²) < 4.78 is 2.26. The van der Waals surface area contributed by atoms with Crippen LogP contribution < -0.4 is 4.57 Å². The van der Waals surface area contributed by atoms with E-state index in [2.05, 4.69) is 102 Å². The first-order chi connectivity index (χ1) is 11.2. The zero-order valence-electron chi connectivity index (χ0n) is 13.6. The Morgan fingerprint density at radius 2 is 1.83 bits per heavy atom. The van der Waals surface area contributed by atoms with Crippen molar-refractivity contribution >= 4 is 17.0 Å². The van der Waals surface area contributed by atoms with Gasteiger partial charge >= 0.3 is 0 Å². The van der Waals surface area contributed by atoms with Gasteiger partial charge in [-0.15, -0.1) is 0 Å². The summed E-state index contributed by atoms with van der Waals surface area (Å²) in [6, 6.07) is 13.3. The van der Waals surface area contributed by atoms with Crippen LogP contribution >= 0.6 is 0 Å². The van der Waals surface area contributed by atoms with E-state index < -0.39 is 0 Å². The van der Waals surface area contributed by atoms with Gasteiger partial charge in [-0.2, -0.15) is 4.57 Å². The summed E-state index contributed by atoms with van der Waals surface area (Å²) >= 11 is 0. The highest BCUT2D eigenvalue weighted by molar-refractivity contribution is 5.76. The van der Waals surface area contributed by atoms with Gasteiger partial charge in [0, 0.05) is 42.3 Å². The largest absolute Gasteiger partial charge is 0.367 e. The van der Waals surface area contributed by atoms with Gasteiger partial charge in [0.1, 0.15) is 7.05 Å². The molecule has 0 amide bonds. The second-order valence-electron chi connectivity index (χ2n) is 6.25. The number of para-hydroxylation sites is 1. The monoisotopic (exact) mass is 301 g/mol. The first-order valence-electron chi connectivity index (χ1n) is 8.09. The molecular formula is C21H21N2+. The van der Waals surface area contributed by atoms with Crippen molar-refractivity contribution in [3.8, 4) is 0 Å². The Hall–Kier alpha value is -2.61. The molecule has 1 aliphatic heterocycles. The van der Waals surface area contributed by atoms with E-state index in [0.29, 0.717) is 12.0 Å². The lowest BCUT2D eigenvalue weighted by Gasteiger charge is -2.36. The third-order valence-electron chi connectivity index (χ3n) is 4.91. The van der Waals surface area contributed by atoms with Crippen LogP contribution in [0.2, 0.25) is 0 Å². The normalized spacial score (nSPS) is 24.4. The van der Waals surface area contributed by atoms with Crippen LogP contribution in [0, 0.1) is 5.92 Å². The summed E-state index contributed by atoms with van der Waals surface area (Å²) in [5.41, 5.74) is 3.71. The fourth-order valence-electron chi connectivity index (χ4n) is 3.48. The van der Waals surface area contributed by atoms with Crippen molar-refractivity contribution in [1.29, 1.82) is 0 Å². The number of hydrogen-bond acceptors (Lipinski definition) is 1.